The van der Waals surface area contributed by atoms with Gasteiger partial charge in [-0.3, -0.25) is 4.79 Å². The first-order chi connectivity index (χ1) is 6.88. The van der Waals surface area contributed by atoms with Gasteiger partial charge in [0.25, 0.3) is 0 Å². The van der Waals surface area contributed by atoms with E-state index >= 15 is 0 Å². The molecule has 1 aromatic rings. The molecule has 1 aromatic carbocycles. The van der Waals surface area contributed by atoms with Crippen LogP contribution in [-0.2, 0) is 6.18 Å². The second kappa shape index (κ2) is 3.61. The SMILES string of the molecule is N#Cc1c(C(N)=O)cccc1C(F)(F)F. The number of carbonyl (C=O) groups excluding carboxylic acids is 1. The van der Waals surface area contributed by atoms with Crippen molar-refractivity contribution in [2.45, 2.75) is 6.18 Å². The van der Waals surface area contributed by atoms with Crippen molar-refractivity contribution in [3.05, 3.63) is 34.9 Å². The third kappa shape index (κ3) is 2.07. The predicted octanol–water partition coefficient (Wildman–Crippen LogP) is 1.68. The average molecular weight is 214 g/mol. The van der Waals surface area contributed by atoms with Gasteiger partial charge in [0.05, 0.1) is 16.7 Å². The predicted molar refractivity (Wildman–Crippen MR) is 44.7 cm³/mol. The van der Waals surface area contributed by atoms with Crippen LogP contribution in [0.2, 0.25) is 0 Å². The number of amides is 1. The second-order valence-electron chi connectivity index (χ2n) is 2.70. The Bertz CT molecular complexity index is 446. The molecule has 0 spiro atoms. The number of halogens is 3. The maximum atomic E-state index is 12.4. The van der Waals surface area contributed by atoms with E-state index in [4.69, 9.17) is 11.0 Å². The van der Waals surface area contributed by atoms with Crippen molar-refractivity contribution in [2.24, 2.45) is 5.73 Å². The number of hydrogen-bond donors (Lipinski definition) is 1. The van der Waals surface area contributed by atoms with Gasteiger partial charge in [-0.2, -0.15) is 18.4 Å². The summed E-state index contributed by atoms with van der Waals surface area (Å²) in [6, 6.07) is 4.17. The fourth-order valence-electron chi connectivity index (χ4n) is 1.11. The number of nitrogens with zero attached hydrogens (tertiary/aromatic N) is 1. The second-order valence-corrected chi connectivity index (χ2v) is 2.70. The number of primary amides is 1. The summed E-state index contributed by atoms with van der Waals surface area (Å²) in [6.07, 6.45) is -4.67. The first-order valence-electron chi connectivity index (χ1n) is 3.78. The minimum absolute atomic E-state index is 0.424. The first-order valence-corrected chi connectivity index (χ1v) is 3.78. The number of benzene rings is 1. The highest BCUT2D eigenvalue weighted by molar-refractivity contribution is 5.95. The molecule has 0 bridgehead atoms. The topological polar surface area (TPSA) is 66.9 Å². The highest BCUT2D eigenvalue weighted by Crippen LogP contribution is 2.32. The largest absolute Gasteiger partial charge is 0.417 e. The van der Waals surface area contributed by atoms with Gasteiger partial charge < -0.3 is 5.73 Å². The van der Waals surface area contributed by atoms with Crippen molar-refractivity contribution in [1.29, 1.82) is 5.26 Å². The van der Waals surface area contributed by atoms with Gasteiger partial charge in [0.1, 0.15) is 6.07 Å². The molecule has 0 aliphatic heterocycles. The standard InChI is InChI=1S/C9H5F3N2O/c10-9(11,12)7-3-1-2-5(8(14)15)6(7)4-13/h1-3H,(H2,14,15). The van der Waals surface area contributed by atoms with Crippen LogP contribution in [0.5, 0.6) is 0 Å². The quantitative estimate of drug-likeness (QED) is 0.772. The summed E-state index contributed by atoms with van der Waals surface area (Å²) >= 11 is 0. The molecular formula is C9H5F3N2O. The van der Waals surface area contributed by atoms with E-state index in [-0.39, 0.29) is 0 Å². The van der Waals surface area contributed by atoms with Crippen LogP contribution in [-0.4, -0.2) is 5.91 Å². The molecule has 0 saturated carbocycles. The zero-order valence-electron chi connectivity index (χ0n) is 7.30. The summed E-state index contributed by atoms with van der Waals surface area (Å²) in [5, 5.41) is 8.55. The Labute approximate surface area is 82.9 Å². The van der Waals surface area contributed by atoms with Gasteiger partial charge in [-0.05, 0) is 12.1 Å². The maximum Gasteiger partial charge on any atom is 0.417 e. The van der Waals surface area contributed by atoms with Crippen molar-refractivity contribution in [3.63, 3.8) is 0 Å². The maximum absolute atomic E-state index is 12.4. The zero-order valence-corrected chi connectivity index (χ0v) is 7.30. The molecule has 0 heterocycles. The van der Waals surface area contributed by atoms with E-state index in [2.05, 4.69) is 0 Å². The summed E-state index contributed by atoms with van der Waals surface area (Å²) < 4.78 is 37.1. The molecule has 0 aromatic heterocycles. The molecule has 0 radical (unpaired) electrons. The number of hydrogen-bond acceptors (Lipinski definition) is 2. The zero-order chi connectivity index (χ0) is 11.6. The minimum atomic E-state index is -4.67. The molecule has 0 unspecified atom stereocenters. The van der Waals surface area contributed by atoms with Crippen LogP contribution in [0.25, 0.3) is 0 Å². The smallest absolute Gasteiger partial charge is 0.366 e. The highest BCUT2D eigenvalue weighted by Gasteiger charge is 2.34. The van der Waals surface area contributed by atoms with Crippen LogP contribution in [0.15, 0.2) is 18.2 Å². The highest BCUT2D eigenvalue weighted by atomic mass is 19.4. The number of nitriles is 1. The van der Waals surface area contributed by atoms with Gasteiger partial charge >= 0.3 is 6.18 Å². The third-order valence-electron chi connectivity index (χ3n) is 1.75. The fourth-order valence-corrected chi connectivity index (χ4v) is 1.11. The van der Waals surface area contributed by atoms with Gasteiger partial charge in [0.2, 0.25) is 5.91 Å². The molecule has 0 aliphatic carbocycles. The number of carbonyl (C=O) groups is 1. The molecule has 0 saturated heterocycles. The summed E-state index contributed by atoms with van der Waals surface area (Å²) in [6.45, 7) is 0. The Morgan fingerprint density at radius 1 is 1.40 bits per heavy atom. The van der Waals surface area contributed by atoms with Crippen LogP contribution in [0, 0.1) is 11.3 Å². The molecule has 0 fully saturated rings. The number of rotatable bonds is 1. The molecule has 3 nitrogen and oxygen atoms in total. The van der Waals surface area contributed by atoms with Crippen molar-refractivity contribution in [1.82, 2.24) is 0 Å². The molecule has 0 aliphatic rings. The average Bonchev–Trinajstić information content (AvgIpc) is 2.15. The monoisotopic (exact) mass is 214 g/mol. The molecule has 1 amide bonds. The molecule has 1 rings (SSSR count). The molecule has 0 atom stereocenters. The van der Waals surface area contributed by atoms with Crippen molar-refractivity contribution in [3.8, 4) is 6.07 Å². The molecule has 2 N–H and O–H groups in total. The lowest BCUT2D eigenvalue weighted by Crippen LogP contribution is -2.17. The summed E-state index contributed by atoms with van der Waals surface area (Å²) in [7, 11) is 0. The number of nitrogens with two attached hydrogens (primary N) is 1. The van der Waals surface area contributed by atoms with Crippen molar-refractivity contribution in [2.75, 3.05) is 0 Å². The van der Waals surface area contributed by atoms with Gasteiger partial charge in [-0.1, -0.05) is 6.07 Å². The van der Waals surface area contributed by atoms with E-state index in [1.807, 2.05) is 0 Å². The Morgan fingerprint density at radius 3 is 2.40 bits per heavy atom. The van der Waals surface area contributed by atoms with Crippen LogP contribution < -0.4 is 5.73 Å². The number of alkyl halides is 3. The van der Waals surface area contributed by atoms with Crippen LogP contribution in [0.3, 0.4) is 0 Å². The van der Waals surface area contributed by atoms with Crippen LogP contribution in [0.4, 0.5) is 13.2 Å². The van der Waals surface area contributed by atoms with E-state index < -0.39 is 28.8 Å². The third-order valence-corrected chi connectivity index (χ3v) is 1.75. The lowest BCUT2D eigenvalue weighted by atomic mass is 10.0. The van der Waals surface area contributed by atoms with Crippen molar-refractivity contribution < 1.29 is 18.0 Å². The first kappa shape index (κ1) is 11.0. The Morgan fingerprint density at radius 2 is 2.00 bits per heavy atom. The Balaban J connectivity index is 3.51. The summed E-state index contributed by atoms with van der Waals surface area (Å²) in [5.74, 6) is -1.06. The Kier molecular flexibility index (Phi) is 2.66. The lowest BCUT2D eigenvalue weighted by molar-refractivity contribution is -0.137. The van der Waals surface area contributed by atoms with E-state index in [0.717, 1.165) is 18.2 Å². The van der Waals surface area contributed by atoms with Crippen LogP contribution >= 0.6 is 0 Å². The summed E-state index contributed by atoms with van der Waals surface area (Å²) in [4.78, 5) is 10.8. The van der Waals surface area contributed by atoms with Crippen LogP contribution in [0.1, 0.15) is 21.5 Å². The normalized spacial score (nSPS) is 10.8. The molecular weight excluding hydrogens is 209 g/mol. The van der Waals surface area contributed by atoms with E-state index in [1.54, 1.807) is 0 Å². The minimum Gasteiger partial charge on any atom is -0.366 e. The summed E-state index contributed by atoms with van der Waals surface area (Å²) in [5.41, 5.74) is 2.53. The Hall–Kier alpha value is -2.03. The van der Waals surface area contributed by atoms with E-state index in [1.165, 1.54) is 6.07 Å². The van der Waals surface area contributed by atoms with E-state index in [9.17, 15) is 18.0 Å². The van der Waals surface area contributed by atoms with Gasteiger partial charge in [0.15, 0.2) is 0 Å². The van der Waals surface area contributed by atoms with Gasteiger partial charge in [-0.15, -0.1) is 0 Å². The molecule has 78 valence electrons. The fraction of sp³-hybridized carbons (Fsp3) is 0.111. The lowest BCUT2D eigenvalue weighted by Gasteiger charge is -2.09. The van der Waals surface area contributed by atoms with Gasteiger partial charge in [0, 0.05) is 0 Å². The van der Waals surface area contributed by atoms with Crippen molar-refractivity contribution >= 4 is 5.91 Å². The molecule has 6 heteroatoms. The molecule has 15 heavy (non-hydrogen) atoms. The van der Waals surface area contributed by atoms with Gasteiger partial charge in [-0.25, -0.2) is 0 Å². The van der Waals surface area contributed by atoms with E-state index in [0.29, 0.717) is 0 Å².